The lowest BCUT2D eigenvalue weighted by Gasteiger charge is -2.44. The van der Waals surface area contributed by atoms with Crippen LogP contribution >= 0.6 is 0 Å². The Bertz CT molecular complexity index is 534. The van der Waals surface area contributed by atoms with E-state index in [1.807, 2.05) is 6.07 Å². The van der Waals surface area contributed by atoms with Crippen LogP contribution in [0.4, 0.5) is 0 Å². The Labute approximate surface area is 150 Å². The van der Waals surface area contributed by atoms with Crippen molar-refractivity contribution in [3.63, 3.8) is 0 Å². The largest absolute Gasteiger partial charge is 0.394 e. The van der Waals surface area contributed by atoms with E-state index in [0.717, 1.165) is 6.08 Å². The molecule has 10 heteroatoms. The molecular formula is C16H25NO9. The van der Waals surface area contributed by atoms with Crippen molar-refractivity contribution in [3.8, 4) is 6.07 Å². The summed E-state index contributed by atoms with van der Waals surface area (Å²) < 4.78 is 21.6. The second kappa shape index (κ2) is 9.18. The van der Waals surface area contributed by atoms with Gasteiger partial charge in [0.25, 0.3) is 0 Å². The topological polar surface area (TPSA) is 162 Å². The Kier molecular flexibility index (Phi) is 7.48. The van der Waals surface area contributed by atoms with Gasteiger partial charge in [-0.3, -0.25) is 0 Å². The fourth-order valence-electron chi connectivity index (χ4n) is 3.30. The van der Waals surface area contributed by atoms with Gasteiger partial charge in [-0.1, -0.05) is 0 Å². The van der Waals surface area contributed by atoms with Crippen LogP contribution in [0.1, 0.15) is 6.42 Å². The van der Waals surface area contributed by atoms with Crippen LogP contribution in [0.5, 0.6) is 0 Å². The van der Waals surface area contributed by atoms with Gasteiger partial charge in [-0.2, -0.15) is 5.26 Å². The number of ether oxygens (including phenoxy) is 4. The second-order valence-corrected chi connectivity index (χ2v) is 6.25. The second-order valence-electron chi connectivity index (χ2n) is 6.25. The minimum atomic E-state index is -1.59. The first-order valence-corrected chi connectivity index (χ1v) is 8.18. The van der Waals surface area contributed by atoms with Crippen LogP contribution in [0.3, 0.4) is 0 Å². The van der Waals surface area contributed by atoms with Crippen LogP contribution in [-0.4, -0.2) is 101 Å². The van der Waals surface area contributed by atoms with E-state index in [2.05, 4.69) is 0 Å². The lowest BCUT2D eigenvalue weighted by atomic mass is 9.84. The standard InChI is InChI=1S/C16H25NO9/c1-23-9-5-8(7(3-4-17)11(19)15(9)24-2)25-16-14(22)13(21)12(20)10(6-18)26-16/h3,8-16,18-22H,5-6H2,1-2H3/b7-3-. The maximum atomic E-state index is 10.5. The third kappa shape index (κ3) is 4.07. The summed E-state index contributed by atoms with van der Waals surface area (Å²) in [6.45, 7) is -0.592. The molecule has 10 nitrogen and oxygen atoms in total. The number of aliphatic hydroxyl groups excluding tert-OH is 5. The highest BCUT2D eigenvalue weighted by atomic mass is 16.7. The minimum Gasteiger partial charge on any atom is -0.394 e. The first kappa shape index (κ1) is 21.2. The summed E-state index contributed by atoms with van der Waals surface area (Å²) in [5.74, 6) is 0. The van der Waals surface area contributed by atoms with Crippen LogP contribution in [0.15, 0.2) is 11.6 Å². The van der Waals surface area contributed by atoms with Crippen molar-refractivity contribution >= 4 is 0 Å². The molecule has 0 aromatic carbocycles. The van der Waals surface area contributed by atoms with E-state index in [4.69, 9.17) is 24.2 Å². The zero-order valence-electron chi connectivity index (χ0n) is 14.5. The van der Waals surface area contributed by atoms with Crippen molar-refractivity contribution in [2.45, 2.75) is 61.5 Å². The molecule has 1 saturated carbocycles. The number of nitriles is 1. The van der Waals surface area contributed by atoms with Crippen molar-refractivity contribution in [2.75, 3.05) is 20.8 Å². The van der Waals surface area contributed by atoms with Gasteiger partial charge in [0.1, 0.15) is 36.6 Å². The molecule has 1 heterocycles. The fourth-order valence-corrected chi connectivity index (χ4v) is 3.30. The molecule has 1 aliphatic heterocycles. The van der Waals surface area contributed by atoms with Crippen LogP contribution in [0, 0.1) is 11.3 Å². The van der Waals surface area contributed by atoms with E-state index < -0.39 is 61.7 Å². The van der Waals surface area contributed by atoms with Crippen LogP contribution in [-0.2, 0) is 18.9 Å². The molecular weight excluding hydrogens is 350 g/mol. The molecule has 2 fully saturated rings. The molecule has 148 valence electrons. The predicted octanol–water partition coefficient (Wildman–Crippen LogP) is -2.58. The minimum absolute atomic E-state index is 0.189. The maximum absolute atomic E-state index is 10.5. The SMILES string of the molecule is COC1CC(OC2OC(CO)C(O)C(O)C2O)/C(=C/C#N)C(O)C1OC. The number of hydrogen-bond donors (Lipinski definition) is 5. The number of allylic oxidation sites excluding steroid dienone is 1. The van der Waals surface area contributed by atoms with Crippen molar-refractivity contribution in [3.05, 3.63) is 11.6 Å². The predicted molar refractivity (Wildman–Crippen MR) is 84.6 cm³/mol. The van der Waals surface area contributed by atoms with Gasteiger partial charge in [0.15, 0.2) is 6.29 Å². The smallest absolute Gasteiger partial charge is 0.187 e. The van der Waals surface area contributed by atoms with Gasteiger partial charge in [0.2, 0.25) is 0 Å². The van der Waals surface area contributed by atoms with E-state index in [1.165, 1.54) is 14.2 Å². The molecule has 5 N–H and O–H groups in total. The molecule has 0 spiro atoms. The van der Waals surface area contributed by atoms with Crippen molar-refractivity contribution in [1.29, 1.82) is 5.26 Å². The van der Waals surface area contributed by atoms with Crippen LogP contribution < -0.4 is 0 Å². The molecule has 0 amide bonds. The van der Waals surface area contributed by atoms with E-state index in [0.29, 0.717) is 0 Å². The highest BCUT2D eigenvalue weighted by Crippen LogP contribution is 2.33. The van der Waals surface area contributed by atoms with Crippen molar-refractivity contribution in [1.82, 2.24) is 0 Å². The van der Waals surface area contributed by atoms with Gasteiger partial charge in [-0.05, 0) is 0 Å². The first-order valence-electron chi connectivity index (χ1n) is 8.18. The van der Waals surface area contributed by atoms with Crippen molar-refractivity contribution in [2.24, 2.45) is 0 Å². The van der Waals surface area contributed by atoms with Gasteiger partial charge in [-0.25, -0.2) is 0 Å². The van der Waals surface area contributed by atoms with E-state index >= 15 is 0 Å². The summed E-state index contributed by atoms with van der Waals surface area (Å²) >= 11 is 0. The summed E-state index contributed by atoms with van der Waals surface area (Å²) in [5.41, 5.74) is 0.213. The zero-order valence-corrected chi connectivity index (χ0v) is 14.5. The Balaban J connectivity index is 2.22. The molecule has 0 bridgehead atoms. The third-order valence-corrected chi connectivity index (χ3v) is 4.79. The summed E-state index contributed by atoms with van der Waals surface area (Å²) in [4.78, 5) is 0. The Morgan fingerprint density at radius 3 is 2.38 bits per heavy atom. The first-order chi connectivity index (χ1) is 12.4. The quantitative estimate of drug-likeness (QED) is 0.323. The maximum Gasteiger partial charge on any atom is 0.187 e. The van der Waals surface area contributed by atoms with Crippen LogP contribution in [0.25, 0.3) is 0 Å². The zero-order chi connectivity index (χ0) is 19.4. The molecule has 1 saturated heterocycles. The molecule has 2 aliphatic rings. The van der Waals surface area contributed by atoms with E-state index in [1.54, 1.807) is 0 Å². The van der Waals surface area contributed by atoms with E-state index in [9.17, 15) is 25.5 Å². The Morgan fingerprint density at radius 1 is 1.15 bits per heavy atom. The molecule has 9 unspecified atom stereocenters. The average Bonchev–Trinajstić information content (AvgIpc) is 2.64. The molecule has 0 aromatic heterocycles. The summed E-state index contributed by atoms with van der Waals surface area (Å²) in [5, 5.41) is 58.5. The van der Waals surface area contributed by atoms with Gasteiger partial charge in [-0.15, -0.1) is 0 Å². The number of rotatable bonds is 5. The molecule has 26 heavy (non-hydrogen) atoms. The lowest BCUT2D eigenvalue weighted by molar-refractivity contribution is -0.312. The van der Waals surface area contributed by atoms with Gasteiger partial charge < -0.3 is 44.5 Å². The third-order valence-electron chi connectivity index (χ3n) is 4.79. The highest BCUT2D eigenvalue weighted by Gasteiger charge is 2.48. The van der Waals surface area contributed by atoms with Crippen molar-refractivity contribution < 1.29 is 44.5 Å². The summed E-state index contributed by atoms with van der Waals surface area (Å²) in [7, 11) is 2.84. The fraction of sp³-hybridized carbons (Fsp3) is 0.812. The normalized spacial score (nSPS) is 45.5. The summed E-state index contributed by atoms with van der Waals surface area (Å²) in [6.07, 6.45) is -9.22. The lowest BCUT2D eigenvalue weighted by Crippen LogP contribution is -2.60. The molecule has 0 radical (unpaired) electrons. The van der Waals surface area contributed by atoms with Gasteiger partial charge in [0.05, 0.1) is 24.9 Å². The number of hydrogen-bond acceptors (Lipinski definition) is 10. The van der Waals surface area contributed by atoms with Gasteiger partial charge >= 0.3 is 0 Å². The molecule has 0 aromatic rings. The molecule has 9 atom stereocenters. The summed E-state index contributed by atoms with van der Waals surface area (Å²) in [6, 6.07) is 1.83. The number of aliphatic hydroxyl groups is 5. The Hall–Kier alpha value is -1.13. The Morgan fingerprint density at radius 2 is 1.85 bits per heavy atom. The monoisotopic (exact) mass is 375 g/mol. The van der Waals surface area contributed by atoms with Gasteiger partial charge in [0, 0.05) is 32.3 Å². The molecule has 1 aliphatic carbocycles. The highest BCUT2D eigenvalue weighted by molar-refractivity contribution is 5.26. The van der Waals surface area contributed by atoms with E-state index in [-0.39, 0.29) is 12.0 Å². The number of nitrogens with zero attached hydrogens (tertiary/aromatic N) is 1. The number of methoxy groups -OCH3 is 2. The average molecular weight is 375 g/mol. The van der Waals surface area contributed by atoms with Crippen LogP contribution in [0.2, 0.25) is 0 Å². The molecule has 2 rings (SSSR count).